The van der Waals surface area contributed by atoms with Crippen molar-refractivity contribution < 1.29 is 9.53 Å². The van der Waals surface area contributed by atoms with E-state index < -0.39 is 0 Å². The minimum absolute atomic E-state index is 0.277. The molecule has 0 saturated heterocycles. The number of methoxy groups -OCH3 is 1. The van der Waals surface area contributed by atoms with Crippen LogP contribution in [0.1, 0.15) is 16.1 Å². The average Bonchev–Trinajstić information content (AvgIpc) is 2.45. The number of nitrogens with one attached hydrogen (secondary N) is 1. The number of hydrogen-bond donors (Lipinski definition) is 2. The first-order valence-corrected chi connectivity index (χ1v) is 5.83. The second kappa shape index (κ2) is 5.86. The van der Waals surface area contributed by atoms with Crippen molar-refractivity contribution >= 4 is 11.6 Å². The Balaban J connectivity index is 2.12. The summed E-state index contributed by atoms with van der Waals surface area (Å²) in [7, 11) is 1.50. The minimum atomic E-state index is -0.277. The van der Waals surface area contributed by atoms with Crippen molar-refractivity contribution in [3.8, 4) is 5.75 Å². The number of nitrogen functional groups attached to an aromatic ring is 1. The van der Waals surface area contributed by atoms with Gasteiger partial charge in [0.25, 0.3) is 5.91 Å². The van der Waals surface area contributed by atoms with Crippen molar-refractivity contribution in [2.45, 2.75) is 6.54 Å². The summed E-state index contributed by atoms with van der Waals surface area (Å²) >= 11 is 0. The zero-order chi connectivity index (χ0) is 13.7. The molecule has 5 heteroatoms. The molecular weight excluding hydrogens is 242 g/mol. The van der Waals surface area contributed by atoms with Crippen molar-refractivity contribution in [3.05, 3.63) is 53.9 Å². The Morgan fingerprint density at radius 3 is 2.84 bits per heavy atom. The summed E-state index contributed by atoms with van der Waals surface area (Å²) in [6, 6.07) is 10.6. The van der Waals surface area contributed by atoms with E-state index in [1.807, 2.05) is 18.2 Å². The molecule has 0 saturated carbocycles. The topological polar surface area (TPSA) is 77.2 Å². The first-order valence-electron chi connectivity index (χ1n) is 5.83. The number of nitrogens with zero attached hydrogens (tertiary/aromatic N) is 1. The summed E-state index contributed by atoms with van der Waals surface area (Å²) in [5, 5.41) is 2.77. The molecule has 0 atom stereocenters. The summed E-state index contributed by atoms with van der Waals surface area (Å²) in [5.74, 6) is 0.180. The largest absolute Gasteiger partial charge is 0.496 e. The average molecular weight is 257 g/mol. The molecule has 0 aliphatic rings. The second-order valence-corrected chi connectivity index (χ2v) is 3.93. The highest BCUT2D eigenvalue weighted by molar-refractivity contribution is 6.01. The van der Waals surface area contributed by atoms with Gasteiger partial charge in [-0.3, -0.25) is 9.78 Å². The van der Waals surface area contributed by atoms with Crippen LogP contribution in [-0.2, 0) is 6.54 Å². The smallest absolute Gasteiger partial charge is 0.257 e. The molecule has 3 N–H and O–H groups in total. The van der Waals surface area contributed by atoms with E-state index in [2.05, 4.69) is 10.3 Å². The van der Waals surface area contributed by atoms with Gasteiger partial charge in [-0.15, -0.1) is 0 Å². The van der Waals surface area contributed by atoms with Crippen LogP contribution in [0, 0.1) is 0 Å². The maximum Gasteiger partial charge on any atom is 0.257 e. The predicted octanol–water partition coefficient (Wildman–Crippen LogP) is 1.60. The van der Waals surface area contributed by atoms with E-state index in [0.717, 1.165) is 5.69 Å². The maximum absolute atomic E-state index is 12.1. The fourth-order valence-corrected chi connectivity index (χ4v) is 1.72. The van der Waals surface area contributed by atoms with Crippen LogP contribution in [0.2, 0.25) is 0 Å². The van der Waals surface area contributed by atoms with E-state index >= 15 is 0 Å². The first kappa shape index (κ1) is 12.9. The van der Waals surface area contributed by atoms with Crippen molar-refractivity contribution in [1.82, 2.24) is 10.3 Å². The van der Waals surface area contributed by atoms with Crippen molar-refractivity contribution in [3.63, 3.8) is 0 Å². The number of carbonyl (C=O) groups excluding carboxylic acids is 1. The molecule has 2 aromatic rings. The summed E-state index contributed by atoms with van der Waals surface area (Å²) < 4.78 is 5.14. The molecule has 1 amide bonds. The lowest BCUT2D eigenvalue weighted by molar-refractivity contribution is 0.0948. The highest BCUT2D eigenvalue weighted by Crippen LogP contribution is 2.23. The number of hydrogen-bond acceptors (Lipinski definition) is 4. The van der Waals surface area contributed by atoms with Crippen LogP contribution >= 0.6 is 0 Å². The van der Waals surface area contributed by atoms with Crippen LogP contribution < -0.4 is 15.8 Å². The maximum atomic E-state index is 12.1. The van der Waals surface area contributed by atoms with Crippen LogP contribution in [-0.4, -0.2) is 18.0 Å². The third-order valence-electron chi connectivity index (χ3n) is 2.66. The normalized spacial score (nSPS) is 9.95. The van der Waals surface area contributed by atoms with Gasteiger partial charge in [0.1, 0.15) is 11.3 Å². The zero-order valence-corrected chi connectivity index (χ0v) is 10.6. The molecule has 98 valence electrons. The molecule has 0 bridgehead atoms. The highest BCUT2D eigenvalue weighted by Gasteiger charge is 2.15. The van der Waals surface area contributed by atoms with E-state index in [0.29, 0.717) is 23.5 Å². The molecule has 2 rings (SSSR count). The summed E-state index contributed by atoms with van der Waals surface area (Å²) in [5.41, 5.74) is 7.33. The Morgan fingerprint density at radius 1 is 1.32 bits per heavy atom. The fraction of sp³-hybridized carbons (Fsp3) is 0.143. The van der Waals surface area contributed by atoms with Crippen molar-refractivity contribution in [1.29, 1.82) is 0 Å². The number of aromatic nitrogens is 1. The monoisotopic (exact) mass is 257 g/mol. The molecule has 0 spiro atoms. The Labute approximate surface area is 111 Å². The zero-order valence-electron chi connectivity index (χ0n) is 10.6. The van der Waals surface area contributed by atoms with Crippen LogP contribution in [0.5, 0.6) is 5.75 Å². The van der Waals surface area contributed by atoms with E-state index in [1.165, 1.54) is 7.11 Å². The fourth-order valence-electron chi connectivity index (χ4n) is 1.72. The van der Waals surface area contributed by atoms with Crippen LogP contribution in [0.15, 0.2) is 42.6 Å². The molecule has 1 aromatic carbocycles. The molecule has 1 aromatic heterocycles. The molecule has 0 fully saturated rings. The lowest BCUT2D eigenvalue weighted by Crippen LogP contribution is -2.24. The van der Waals surface area contributed by atoms with Gasteiger partial charge in [0, 0.05) is 11.9 Å². The Morgan fingerprint density at radius 2 is 2.16 bits per heavy atom. The molecule has 5 nitrogen and oxygen atoms in total. The SMILES string of the molecule is COc1cccc(N)c1C(=O)NCc1ccccn1. The number of amides is 1. The van der Waals surface area contributed by atoms with Gasteiger partial charge in [0.15, 0.2) is 0 Å². The Bertz CT molecular complexity index is 570. The Kier molecular flexibility index (Phi) is 3.97. The van der Waals surface area contributed by atoms with Gasteiger partial charge in [-0.25, -0.2) is 0 Å². The molecule has 19 heavy (non-hydrogen) atoms. The number of nitrogens with two attached hydrogens (primary N) is 1. The van der Waals surface area contributed by atoms with Gasteiger partial charge in [0.05, 0.1) is 19.3 Å². The van der Waals surface area contributed by atoms with E-state index in [9.17, 15) is 4.79 Å². The molecule has 1 heterocycles. The van der Waals surface area contributed by atoms with Crippen molar-refractivity contribution in [2.24, 2.45) is 0 Å². The van der Waals surface area contributed by atoms with Gasteiger partial charge < -0.3 is 15.8 Å². The Hall–Kier alpha value is -2.56. The van der Waals surface area contributed by atoms with Gasteiger partial charge >= 0.3 is 0 Å². The quantitative estimate of drug-likeness (QED) is 0.816. The third-order valence-corrected chi connectivity index (χ3v) is 2.66. The highest BCUT2D eigenvalue weighted by atomic mass is 16.5. The van der Waals surface area contributed by atoms with Crippen LogP contribution in [0.4, 0.5) is 5.69 Å². The molecule has 0 radical (unpaired) electrons. The van der Waals surface area contributed by atoms with E-state index in [4.69, 9.17) is 10.5 Å². The number of ether oxygens (including phenoxy) is 1. The van der Waals surface area contributed by atoms with Gasteiger partial charge in [0.2, 0.25) is 0 Å². The lowest BCUT2D eigenvalue weighted by Gasteiger charge is -2.11. The van der Waals surface area contributed by atoms with Gasteiger partial charge in [-0.2, -0.15) is 0 Å². The molecule has 0 unspecified atom stereocenters. The summed E-state index contributed by atoms with van der Waals surface area (Å²) in [4.78, 5) is 16.3. The standard InChI is InChI=1S/C14H15N3O2/c1-19-12-7-4-6-11(15)13(12)14(18)17-9-10-5-2-3-8-16-10/h2-8H,9,15H2,1H3,(H,17,18). The number of pyridine rings is 1. The predicted molar refractivity (Wildman–Crippen MR) is 72.8 cm³/mol. The molecular formula is C14H15N3O2. The van der Waals surface area contributed by atoms with Crippen molar-refractivity contribution in [2.75, 3.05) is 12.8 Å². The third kappa shape index (κ3) is 3.01. The van der Waals surface area contributed by atoms with Crippen LogP contribution in [0.25, 0.3) is 0 Å². The summed E-state index contributed by atoms with van der Waals surface area (Å²) in [6.07, 6.45) is 1.68. The molecule has 0 aliphatic carbocycles. The van der Waals surface area contributed by atoms with Gasteiger partial charge in [-0.1, -0.05) is 12.1 Å². The van der Waals surface area contributed by atoms with Gasteiger partial charge in [-0.05, 0) is 24.3 Å². The minimum Gasteiger partial charge on any atom is -0.496 e. The molecule has 0 aliphatic heterocycles. The number of carbonyl (C=O) groups is 1. The second-order valence-electron chi connectivity index (χ2n) is 3.93. The van der Waals surface area contributed by atoms with E-state index in [-0.39, 0.29) is 5.91 Å². The van der Waals surface area contributed by atoms with E-state index in [1.54, 1.807) is 24.4 Å². The number of benzene rings is 1. The van der Waals surface area contributed by atoms with Crippen LogP contribution in [0.3, 0.4) is 0 Å². The first-order chi connectivity index (χ1) is 9.22. The number of anilines is 1. The number of rotatable bonds is 4. The summed E-state index contributed by atoms with van der Waals surface area (Å²) in [6.45, 7) is 0.344. The lowest BCUT2D eigenvalue weighted by atomic mass is 10.1.